The fourth-order valence-electron chi connectivity index (χ4n) is 3.62. The van der Waals surface area contributed by atoms with Crippen molar-refractivity contribution in [3.8, 4) is 0 Å². The quantitative estimate of drug-likeness (QED) is 0.845. The van der Waals surface area contributed by atoms with Crippen LogP contribution in [0.25, 0.3) is 0 Å². The molecule has 3 heterocycles. The average Bonchev–Trinajstić information content (AvgIpc) is 3.22. The highest BCUT2D eigenvalue weighted by Gasteiger charge is 2.44. The van der Waals surface area contributed by atoms with E-state index < -0.39 is 0 Å². The van der Waals surface area contributed by atoms with E-state index in [1.165, 1.54) is 43.9 Å². The number of likely N-dealkylation sites (tertiary alicyclic amines) is 1. The highest BCUT2D eigenvalue weighted by atomic mass is 15.4. The van der Waals surface area contributed by atoms with Gasteiger partial charge in [-0.15, -0.1) is 0 Å². The Hall–Kier alpha value is -1.16. The summed E-state index contributed by atoms with van der Waals surface area (Å²) >= 11 is 0. The van der Waals surface area contributed by atoms with Crippen molar-refractivity contribution in [3.05, 3.63) is 17.6 Å². The molecular formula is C16H24N4. The van der Waals surface area contributed by atoms with Gasteiger partial charge in [0.1, 0.15) is 11.6 Å². The monoisotopic (exact) mass is 272 g/mol. The van der Waals surface area contributed by atoms with Crippen molar-refractivity contribution in [1.29, 1.82) is 0 Å². The number of hydrogen-bond acceptors (Lipinski definition) is 4. The van der Waals surface area contributed by atoms with Crippen molar-refractivity contribution in [2.45, 2.75) is 57.0 Å². The van der Waals surface area contributed by atoms with E-state index in [0.29, 0.717) is 23.9 Å². The Labute approximate surface area is 121 Å². The molecule has 0 N–H and O–H groups in total. The van der Waals surface area contributed by atoms with Gasteiger partial charge in [0, 0.05) is 42.9 Å². The zero-order valence-corrected chi connectivity index (χ0v) is 12.7. The van der Waals surface area contributed by atoms with Gasteiger partial charge in [-0.25, -0.2) is 9.97 Å². The smallest absolute Gasteiger partial charge is 0.134 e. The van der Waals surface area contributed by atoms with Gasteiger partial charge in [-0.05, 0) is 32.2 Å². The topological polar surface area (TPSA) is 32.3 Å². The summed E-state index contributed by atoms with van der Waals surface area (Å²) in [7, 11) is 2.23. The van der Waals surface area contributed by atoms with E-state index in [1.54, 1.807) is 0 Å². The number of fused-ring (bicyclic) bond motifs is 2. The molecule has 2 aliphatic heterocycles. The van der Waals surface area contributed by atoms with Crippen molar-refractivity contribution in [2.24, 2.45) is 0 Å². The number of nitrogens with zero attached hydrogens (tertiary/aromatic N) is 4. The van der Waals surface area contributed by atoms with E-state index >= 15 is 0 Å². The molecule has 20 heavy (non-hydrogen) atoms. The molecule has 3 aliphatic rings. The van der Waals surface area contributed by atoms with E-state index in [4.69, 9.17) is 9.97 Å². The van der Waals surface area contributed by atoms with Crippen molar-refractivity contribution in [1.82, 2.24) is 14.9 Å². The minimum Gasteiger partial charge on any atom is -0.348 e. The molecule has 2 saturated heterocycles. The third kappa shape index (κ3) is 2.01. The third-order valence-corrected chi connectivity index (χ3v) is 4.92. The Morgan fingerprint density at radius 3 is 2.45 bits per heavy atom. The summed E-state index contributed by atoms with van der Waals surface area (Å²) in [6.07, 6.45) is 3.89. The second kappa shape index (κ2) is 4.42. The van der Waals surface area contributed by atoms with Gasteiger partial charge in [0.25, 0.3) is 0 Å². The van der Waals surface area contributed by atoms with E-state index in [-0.39, 0.29) is 0 Å². The average molecular weight is 272 g/mol. The Balaban J connectivity index is 1.67. The number of hydrogen-bond donors (Lipinski definition) is 0. The van der Waals surface area contributed by atoms with Gasteiger partial charge in [0.2, 0.25) is 0 Å². The molecule has 2 atom stereocenters. The van der Waals surface area contributed by atoms with Crippen LogP contribution in [-0.4, -0.2) is 47.1 Å². The van der Waals surface area contributed by atoms with Crippen LogP contribution in [0.15, 0.2) is 6.07 Å². The van der Waals surface area contributed by atoms with E-state index in [2.05, 4.69) is 36.8 Å². The molecule has 2 bridgehead atoms. The molecule has 1 aliphatic carbocycles. The second-order valence-electron chi connectivity index (χ2n) is 7.11. The van der Waals surface area contributed by atoms with Crippen LogP contribution in [0.1, 0.15) is 56.5 Å². The lowest BCUT2D eigenvalue weighted by atomic mass is 9.87. The van der Waals surface area contributed by atoms with E-state index in [1.807, 2.05) is 0 Å². The molecule has 4 nitrogen and oxygen atoms in total. The molecule has 108 valence electrons. The zero-order chi connectivity index (χ0) is 13.9. The van der Waals surface area contributed by atoms with Crippen LogP contribution in [0.4, 0.5) is 5.82 Å². The van der Waals surface area contributed by atoms with Crippen LogP contribution in [-0.2, 0) is 0 Å². The highest BCUT2D eigenvalue weighted by Crippen LogP contribution is 2.41. The van der Waals surface area contributed by atoms with Crippen LogP contribution >= 0.6 is 0 Å². The number of aromatic nitrogens is 2. The van der Waals surface area contributed by atoms with Gasteiger partial charge < -0.3 is 9.80 Å². The minimum atomic E-state index is 0.484. The molecule has 0 amide bonds. The fourth-order valence-corrected chi connectivity index (χ4v) is 3.62. The predicted molar refractivity (Wildman–Crippen MR) is 80.3 cm³/mol. The highest BCUT2D eigenvalue weighted by molar-refractivity contribution is 5.48. The molecule has 1 saturated carbocycles. The van der Waals surface area contributed by atoms with Gasteiger partial charge in [0.05, 0.1) is 0 Å². The molecule has 3 fully saturated rings. The first-order valence-electron chi connectivity index (χ1n) is 7.97. The molecule has 2 unspecified atom stereocenters. The molecule has 4 rings (SSSR count). The van der Waals surface area contributed by atoms with Crippen LogP contribution < -0.4 is 4.90 Å². The maximum atomic E-state index is 4.90. The van der Waals surface area contributed by atoms with Crippen LogP contribution in [0, 0.1) is 0 Å². The largest absolute Gasteiger partial charge is 0.348 e. The lowest BCUT2D eigenvalue weighted by Crippen LogP contribution is -2.68. The van der Waals surface area contributed by atoms with Gasteiger partial charge >= 0.3 is 0 Å². The first-order chi connectivity index (χ1) is 9.61. The van der Waals surface area contributed by atoms with Crippen molar-refractivity contribution in [2.75, 3.05) is 25.0 Å². The summed E-state index contributed by atoms with van der Waals surface area (Å²) in [6, 6.07) is 3.57. The predicted octanol–water partition coefficient (Wildman–Crippen LogP) is 2.37. The summed E-state index contributed by atoms with van der Waals surface area (Å²) in [5.41, 5.74) is 1.22. The fraction of sp³-hybridized carbons (Fsp3) is 0.750. The summed E-state index contributed by atoms with van der Waals surface area (Å²) in [6.45, 7) is 6.81. The van der Waals surface area contributed by atoms with Crippen LogP contribution in [0.3, 0.4) is 0 Å². The summed E-state index contributed by atoms with van der Waals surface area (Å²) in [4.78, 5) is 14.7. The number of likely N-dealkylation sites (N-methyl/N-ethyl adjacent to an activating group) is 1. The molecule has 4 heteroatoms. The maximum absolute atomic E-state index is 4.90. The lowest BCUT2D eigenvalue weighted by molar-refractivity contribution is 0.138. The lowest BCUT2D eigenvalue weighted by Gasteiger charge is -2.56. The molecule has 0 aromatic carbocycles. The van der Waals surface area contributed by atoms with Gasteiger partial charge in [-0.3, -0.25) is 0 Å². The molecule has 1 aromatic heterocycles. The number of anilines is 1. The minimum absolute atomic E-state index is 0.484. The number of piperazine rings is 1. The van der Waals surface area contributed by atoms with Gasteiger partial charge in [0.15, 0.2) is 0 Å². The second-order valence-corrected chi connectivity index (χ2v) is 7.11. The van der Waals surface area contributed by atoms with Crippen molar-refractivity contribution >= 4 is 5.82 Å². The van der Waals surface area contributed by atoms with Crippen LogP contribution in [0.2, 0.25) is 0 Å². The summed E-state index contributed by atoms with van der Waals surface area (Å²) in [5, 5.41) is 0. The molecular weight excluding hydrogens is 248 g/mol. The molecule has 0 radical (unpaired) electrons. The Morgan fingerprint density at radius 1 is 1.15 bits per heavy atom. The summed E-state index contributed by atoms with van der Waals surface area (Å²) < 4.78 is 0. The van der Waals surface area contributed by atoms with Crippen LogP contribution in [0.5, 0.6) is 0 Å². The standard InChI is InChI=1S/C16H24N4/c1-10(2)14-7-15(18-16(17-14)11-4-5-11)20-12-6-13(20)9-19(3)8-12/h7,10-13H,4-6,8-9H2,1-3H3. The first kappa shape index (κ1) is 12.6. The van der Waals surface area contributed by atoms with Crippen molar-refractivity contribution in [3.63, 3.8) is 0 Å². The van der Waals surface area contributed by atoms with E-state index in [9.17, 15) is 0 Å². The first-order valence-corrected chi connectivity index (χ1v) is 7.97. The van der Waals surface area contributed by atoms with Gasteiger partial charge in [-0.1, -0.05) is 13.8 Å². The van der Waals surface area contributed by atoms with Crippen molar-refractivity contribution < 1.29 is 0 Å². The SMILES string of the molecule is CC(C)c1cc(N2C3CC2CN(C)C3)nc(C2CC2)n1. The Morgan fingerprint density at radius 2 is 1.85 bits per heavy atom. The Bertz CT molecular complexity index is 491. The Kier molecular flexibility index (Phi) is 2.78. The molecule has 0 spiro atoms. The normalized spacial score (nSPS) is 29.7. The number of piperidine rings is 1. The molecule has 1 aromatic rings. The summed E-state index contributed by atoms with van der Waals surface area (Å²) in [5.74, 6) is 3.42. The maximum Gasteiger partial charge on any atom is 0.134 e. The third-order valence-electron chi connectivity index (χ3n) is 4.92. The van der Waals surface area contributed by atoms with E-state index in [0.717, 1.165) is 5.82 Å². The van der Waals surface area contributed by atoms with Gasteiger partial charge in [-0.2, -0.15) is 0 Å². The zero-order valence-electron chi connectivity index (χ0n) is 12.7. The number of rotatable bonds is 3.